The summed E-state index contributed by atoms with van der Waals surface area (Å²) in [6.07, 6.45) is 1.94. The molecule has 136 valence electrons. The fourth-order valence-electron chi connectivity index (χ4n) is 3.18. The number of fused-ring (bicyclic) bond motifs is 1. The fourth-order valence-corrected chi connectivity index (χ4v) is 3.77. The summed E-state index contributed by atoms with van der Waals surface area (Å²) in [7, 11) is 0. The van der Waals surface area contributed by atoms with Gasteiger partial charge in [0.15, 0.2) is 17.4 Å². The molecular formula is C22H17BrFNO2. The van der Waals surface area contributed by atoms with Gasteiger partial charge in [-0.25, -0.2) is 4.39 Å². The van der Waals surface area contributed by atoms with Crippen molar-refractivity contribution < 1.29 is 14.2 Å². The minimum Gasteiger partial charge on any atom is -0.494 e. The van der Waals surface area contributed by atoms with E-state index >= 15 is 0 Å². The molecule has 0 fully saturated rings. The first kappa shape index (κ1) is 17.6. The van der Waals surface area contributed by atoms with Crippen molar-refractivity contribution in [3.8, 4) is 17.4 Å². The van der Waals surface area contributed by atoms with Crippen molar-refractivity contribution in [2.45, 2.75) is 13.5 Å². The van der Waals surface area contributed by atoms with Crippen molar-refractivity contribution in [1.82, 2.24) is 4.57 Å². The monoisotopic (exact) mass is 425 g/mol. The molecule has 0 radical (unpaired) electrons. The lowest BCUT2D eigenvalue weighted by atomic mass is 10.1. The third-order valence-electron chi connectivity index (χ3n) is 4.46. The summed E-state index contributed by atoms with van der Waals surface area (Å²) < 4.78 is 22.1. The number of ether oxygens (including phenoxy) is 1. The summed E-state index contributed by atoms with van der Waals surface area (Å²) in [6.45, 7) is 2.50. The number of para-hydroxylation sites is 1. The Morgan fingerprint density at radius 1 is 1.07 bits per heavy atom. The van der Waals surface area contributed by atoms with E-state index in [-0.39, 0.29) is 11.6 Å². The van der Waals surface area contributed by atoms with Crippen LogP contribution in [0.2, 0.25) is 0 Å². The zero-order valence-corrected chi connectivity index (χ0v) is 16.2. The number of aromatic nitrogens is 1. The zero-order valence-electron chi connectivity index (χ0n) is 14.6. The summed E-state index contributed by atoms with van der Waals surface area (Å²) in [5.41, 5.74) is 2.02. The number of rotatable bonds is 4. The van der Waals surface area contributed by atoms with E-state index in [4.69, 9.17) is 4.74 Å². The van der Waals surface area contributed by atoms with E-state index in [0.717, 1.165) is 26.4 Å². The number of aromatic hydroxyl groups is 1. The third-order valence-corrected chi connectivity index (χ3v) is 4.92. The predicted molar refractivity (Wildman–Crippen MR) is 108 cm³/mol. The molecule has 4 rings (SSSR count). The Balaban J connectivity index is 1.57. The molecular weight excluding hydrogens is 409 g/mol. The summed E-state index contributed by atoms with van der Waals surface area (Å²) in [4.78, 5) is 0. The average molecular weight is 426 g/mol. The highest BCUT2D eigenvalue weighted by Gasteiger charge is 2.12. The van der Waals surface area contributed by atoms with Gasteiger partial charge in [0.25, 0.3) is 0 Å². The van der Waals surface area contributed by atoms with E-state index in [9.17, 15) is 9.50 Å². The molecule has 5 heteroatoms. The second-order valence-corrected chi connectivity index (χ2v) is 7.36. The molecule has 1 aromatic heterocycles. The van der Waals surface area contributed by atoms with Crippen LogP contribution >= 0.6 is 15.9 Å². The largest absolute Gasteiger partial charge is 0.494 e. The van der Waals surface area contributed by atoms with Gasteiger partial charge in [-0.15, -0.1) is 0 Å². The van der Waals surface area contributed by atoms with Crippen LogP contribution in [0.25, 0.3) is 10.8 Å². The molecule has 1 N–H and O–H groups in total. The maximum atomic E-state index is 13.7. The Hall–Kier alpha value is -2.79. The number of halogens is 2. The van der Waals surface area contributed by atoms with Gasteiger partial charge >= 0.3 is 0 Å². The average Bonchev–Trinajstić information content (AvgIpc) is 2.94. The van der Waals surface area contributed by atoms with E-state index in [2.05, 4.69) is 15.9 Å². The Morgan fingerprint density at radius 3 is 2.56 bits per heavy atom. The summed E-state index contributed by atoms with van der Waals surface area (Å²) in [5.74, 6) is 0.611. The van der Waals surface area contributed by atoms with Crippen LogP contribution in [0.5, 0.6) is 17.4 Å². The zero-order chi connectivity index (χ0) is 19.0. The number of hydrogen-bond donors (Lipinski definition) is 1. The van der Waals surface area contributed by atoms with E-state index in [1.807, 2.05) is 42.0 Å². The van der Waals surface area contributed by atoms with Crippen LogP contribution in [0, 0.1) is 12.7 Å². The molecule has 1 heterocycles. The first-order valence-corrected chi connectivity index (χ1v) is 9.30. The van der Waals surface area contributed by atoms with E-state index in [1.54, 1.807) is 30.3 Å². The lowest BCUT2D eigenvalue weighted by Crippen LogP contribution is -1.97. The molecule has 0 unspecified atom stereocenters. The SMILES string of the molecule is Cc1cc(Br)cc2cn(Cc3ccc(Oc4ccccc4F)cc3)c(O)c12. The second-order valence-electron chi connectivity index (χ2n) is 6.44. The summed E-state index contributed by atoms with van der Waals surface area (Å²) >= 11 is 3.49. The number of nitrogens with zero attached hydrogens (tertiary/aromatic N) is 1. The van der Waals surface area contributed by atoms with Crippen molar-refractivity contribution in [3.63, 3.8) is 0 Å². The van der Waals surface area contributed by atoms with Crippen LogP contribution in [0.4, 0.5) is 4.39 Å². The third kappa shape index (κ3) is 3.55. The minimum atomic E-state index is -0.396. The lowest BCUT2D eigenvalue weighted by Gasteiger charge is -2.09. The Morgan fingerprint density at radius 2 is 1.81 bits per heavy atom. The molecule has 0 bridgehead atoms. The first-order valence-electron chi connectivity index (χ1n) is 8.50. The van der Waals surface area contributed by atoms with Crippen LogP contribution in [-0.4, -0.2) is 9.67 Å². The molecule has 4 aromatic rings. The lowest BCUT2D eigenvalue weighted by molar-refractivity contribution is 0.429. The van der Waals surface area contributed by atoms with Crippen molar-refractivity contribution in [2.75, 3.05) is 0 Å². The molecule has 0 saturated carbocycles. The topological polar surface area (TPSA) is 34.4 Å². The van der Waals surface area contributed by atoms with E-state index < -0.39 is 5.82 Å². The van der Waals surface area contributed by atoms with Crippen LogP contribution in [0.3, 0.4) is 0 Å². The van der Waals surface area contributed by atoms with Gasteiger partial charge in [0, 0.05) is 21.4 Å². The molecule has 0 saturated heterocycles. The van der Waals surface area contributed by atoms with Gasteiger partial charge in [0.1, 0.15) is 5.75 Å². The van der Waals surface area contributed by atoms with Gasteiger partial charge in [-0.2, -0.15) is 0 Å². The van der Waals surface area contributed by atoms with Crippen LogP contribution < -0.4 is 4.74 Å². The van der Waals surface area contributed by atoms with Gasteiger partial charge in [-0.3, -0.25) is 0 Å². The molecule has 0 spiro atoms. The summed E-state index contributed by atoms with van der Waals surface area (Å²) in [6, 6.07) is 17.7. The molecule has 0 aliphatic carbocycles. The quantitative estimate of drug-likeness (QED) is 0.410. The molecule has 0 aliphatic rings. The Kier molecular flexibility index (Phi) is 4.62. The minimum absolute atomic E-state index is 0.195. The fraction of sp³-hybridized carbons (Fsp3) is 0.0909. The highest BCUT2D eigenvalue weighted by Crippen LogP contribution is 2.33. The normalized spacial score (nSPS) is 11.1. The number of benzene rings is 3. The van der Waals surface area contributed by atoms with Gasteiger partial charge < -0.3 is 14.4 Å². The van der Waals surface area contributed by atoms with E-state index in [1.165, 1.54) is 6.07 Å². The van der Waals surface area contributed by atoms with Gasteiger partial charge in [-0.1, -0.05) is 40.2 Å². The number of hydrogen-bond acceptors (Lipinski definition) is 2. The van der Waals surface area contributed by atoms with Gasteiger partial charge in [0.05, 0.1) is 6.54 Å². The molecule has 0 aliphatic heterocycles. The number of aryl methyl sites for hydroxylation is 1. The molecule has 0 atom stereocenters. The van der Waals surface area contributed by atoms with Crippen molar-refractivity contribution in [3.05, 3.63) is 88.3 Å². The van der Waals surface area contributed by atoms with Crippen molar-refractivity contribution >= 4 is 26.7 Å². The Labute approximate surface area is 164 Å². The van der Waals surface area contributed by atoms with Gasteiger partial charge in [0.2, 0.25) is 0 Å². The summed E-state index contributed by atoms with van der Waals surface area (Å²) in [5, 5.41) is 12.4. The molecule has 3 aromatic carbocycles. The molecule has 3 nitrogen and oxygen atoms in total. The van der Waals surface area contributed by atoms with E-state index in [0.29, 0.717) is 12.3 Å². The standard InChI is InChI=1S/C22H17BrFNO2/c1-14-10-17(23)11-16-13-25(22(26)21(14)16)12-15-6-8-18(9-7-15)27-20-5-3-2-4-19(20)24/h2-11,13,26H,12H2,1H3. The smallest absolute Gasteiger partial charge is 0.199 e. The Bertz CT molecular complexity index is 1120. The van der Waals surface area contributed by atoms with Gasteiger partial charge in [-0.05, 0) is 54.4 Å². The first-order chi connectivity index (χ1) is 13.0. The maximum Gasteiger partial charge on any atom is 0.199 e. The van der Waals surface area contributed by atoms with Crippen LogP contribution in [0.15, 0.2) is 71.3 Å². The van der Waals surface area contributed by atoms with Crippen molar-refractivity contribution in [2.24, 2.45) is 0 Å². The highest BCUT2D eigenvalue weighted by atomic mass is 79.9. The highest BCUT2D eigenvalue weighted by molar-refractivity contribution is 9.10. The van der Waals surface area contributed by atoms with Crippen molar-refractivity contribution in [1.29, 1.82) is 0 Å². The predicted octanol–water partition coefficient (Wildman–Crippen LogP) is 6.40. The van der Waals surface area contributed by atoms with Crippen LogP contribution in [-0.2, 0) is 6.54 Å². The molecule has 27 heavy (non-hydrogen) atoms. The maximum absolute atomic E-state index is 13.7. The molecule has 0 amide bonds. The second kappa shape index (κ2) is 7.08. The van der Waals surface area contributed by atoms with Crippen LogP contribution in [0.1, 0.15) is 11.1 Å².